The van der Waals surface area contributed by atoms with Gasteiger partial charge in [0.15, 0.2) is 23.0 Å². The van der Waals surface area contributed by atoms with Crippen molar-refractivity contribution in [3.8, 4) is 67.9 Å². The highest BCUT2D eigenvalue weighted by molar-refractivity contribution is 6.29. The average molecular weight is 783 g/mol. The van der Waals surface area contributed by atoms with Crippen molar-refractivity contribution in [1.82, 2.24) is 0 Å². The highest BCUT2D eigenvalue weighted by Gasteiger charge is 2.29. The normalized spacial score (nSPS) is 12.1. The van der Waals surface area contributed by atoms with Crippen molar-refractivity contribution in [3.63, 3.8) is 0 Å². The Bertz CT molecular complexity index is 3840. The van der Waals surface area contributed by atoms with Crippen molar-refractivity contribution < 1.29 is 39.5 Å². The first-order valence-electron chi connectivity index (χ1n) is 19.4. The summed E-state index contributed by atoms with van der Waals surface area (Å²) in [6.45, 7) is 0. The maximum atomic E-state index is 11.8. The van der Waals surface area contributed by atoms with Crippen LogP contribution in [0.25, 0.3) is 120 Å². The zero-order valence-electron chi connectivity index (χ0n) is 31.4. The van der Waals surface area contributed by atoms with Crippen molar-refractivity contribution in [2.24, 2.45) is 0 Å². The topological polar surface area (TPSA) is 148 Å². The minimum absolute atomic E-state index is 0.00790. The number of phenols is 6. The van der Waals surface area contributed by atoms with Gasteiger partial charge in [-0.25, -0.2) is 0 Å². The van der Waals surface area contributed by atoms with Crippen molar-refractivity contribution in [2.45, 2.75) is 0 Å². The van der Waals surface area contributed by atoms with Gasteiger partial charge in [-0.05, 0) is 91.0 Å². The monoisotopic (exact) mass is 782 g/mol. The van der Waals surface area contributed by atoms with E-state index in [1.807, 2.05) is 97.1 Å². The molecule has 0 bridgehead atoms. The van der Waals surface area contributed by atoms with Crippen molar-refractivity contribution >= 4 is 87.0 Å². The first-order valence-corrected chi connectivity index (χ1v) is 19.4. The Balaban J connectivity index is 1.26. The molecule has 0 aliphatic rings. The number of fused-ring (bicyclic) bond motifs is 11. The van der Waals surface area contributed by atoms with Crippen LogP contribution in [0, 0.1) is 0 Å². The van der Waals surface area contributed by atoms with E-state index in [2.05, 4.69) is 42.5 Å². The van der Waals surface area contributed by atoms with E-state index in [4.69, 9.17) is 8.83 Å². The third kappa shape index (κ3) is 4.44. The molecule has 0 fully saturated rings. The smallest absolute Gasteiger partial charge is 0.201 e. The molecule has 10 aromatic carbocycles. The first-order chi connectivity index (χ1) is 29.3. The molecule has 0 aliphatic heterocycles. The summed E-state index contributed by atoms with van der Waals surface area (Å²) >= 11 is 0. The van der Waals surface area contributed by atoms with Crippen LogP contribution in [0.5, 0.6) is 34.5 Å². The highest BCUT2D eigenvalue weighted by Crippen LogP contribution is 2.58. The zero-order valence-corrected chi connectivity index (χ0v) is 31.4. The maximum Gasteiger partial charge on any atom is 0.201 e. The van der Waals surface area contributed by atoms with E-state index in [1.54, 1.807) is 0 Å². The van der Waals surface area contributed by atoms with Crippen LogP contribution in [0.4, 0.5) is 0 Å². The summed E-state index contributed by atoms with van der Waals surface area (Å²) in [5.74, 6) is -4.79. The zero-order chi connectivity index (χ0) is 40.6. The summed E-state index contributed by atoms with van der Waals surface area (Å²) in [7, 11) is 0. The van der Waals surface area contributed by atoms with Gasteiger partial charge in [-0.2, -0.15) is 0 Å². The van der Waals surface area contributed by atoms with Crippen LogP contribution in [0.15, 0.2) is 154 Å². The third-order valence-electron chi connectivity index (χ3n) is 12.1. The number of phenolic OH excluding ortho intramolecular Hbond substituents is 6. The van der Waals surface area contributed by atoms with Crippen molar-refractivity contribution in [2.75, 3.05) is 0 Å². The van der Waals surface area contributed by atoms with Crippen LogP contribution in [0.1, 0.15) is 0 Å². The molecule has 2 heterocycles. The van der Waals surface area contributed by atoms with Crippen LogP contribution < -0.4 is 0 Å². The second-order valence-corrected chi connectivity index (χ2v) is 15.2. The number of hydrogen-bond donors (Lipinski definition) is 6. The lowest BCUT2D eigenvalue weighted by Crippen LogP contribution is -1.94. The van der Waals surface area contributed by atoms with E-state index in [0.29, 0.717) is 27.5 Å². The van der Waals surface area contributed by atoms with Gasteiger partial charge in [0, 0.05) is 32.7 Å². The quantitative estimate of drug-likeness (QED) is 0.0766. The number of furan rings is 2. The van der Waals surface area contributed by atoms with Gasteiger partial charge in [-0.1, -0.05) is 109 Å². The number of para-hydroxylation sites is 1. The molecule has 0 unspecified atom stereocenters. The number of hydrogen-bond acceptors (Lipinski definition) is 8. The molecule has 0 atom stereocenters. The summed E-state index contributed by atoms with van der Waals surface area (Å²) in [5, 5.41) is 75.0. The summed E-state index contributed by atoms with van der Waals surface area (Å²) in [6.07, 6.45) is 0. The predicted octanol–water partition coefficient (Wildman–Crippen LogP) is 13.3. The van der Waals surface area contributed by atoms with Crippen molar-refractivity contribution in [1.29, 1.82) is 0 Å². The Labute approximate surface area is 338 Å². The Morgan fingerprint density at radius 2 is 0.933 bits per heavy atom. The fraction of sp³-hybridized carbons (Fsp3) is 0. The predicted molar refractivity (Wildman–Crippen MR) is 237 cm³/mol. The van der Waals surface area contributed by atoms with Crippen LogP contribution in [0.3, 0.4) is 0 Å². The van der Waals surface area contributed by atoms with Crippen LogP contribution in [-0.4, -0.2) is 30.6 Å². The SMILES string of the molecule is Oc1cc2c(-c3c4ccccc4c(-c4cccc5ccccc45)c4cc(-c5cccc6oc7ccc8c9ccccc9oc8c7c56)ccc34)c(O)c(O)c(O)c2c(O)c1O. The molecule has 0 spiro atoms. The molecule has 12 aromatic rings. The summed E-state index contributed by atoms with van der Waals surface area (Å²) < 4.78 is 13.0. The molecule has 12 rings (SSSR count). The molecule has 0 saturated carbocycles. The molecule has 8 nitrogen and oxygen atoms in total. The third-order valence-corrected chi connectivity index (χ3v) is 12.1. The fourth-order valence-corrected chi connectivity index (χ4v) is 9.49. The lowest BCUT2D eigenvalue weighted by atomic mass is 9.82. The molecule has 0 saturated heterocycles. The molecule has 6 N–H and O–H groups in total. The molecule has 0 amide bonds. The summed E-state index contributed by atoms with van der Waals surface area (Å²) in [6, 6.07) is 47.3. The largest absolute Gasteiger partial charge is 0.504 e. The second kappa shape index (κ2) is 12.1. The molecule has 286 valence electrons. The lowest BCUT2D eigenvalue weighted by Gasteiger charge is -2.22. The van der Waals surface area contributed by atoms with Gasteiger partial charge in [0.05, 0.1) is 10.8 Å². The van der Waals surface area contributed by atoms with Gasteiger partial charge in [0.1, 0.15) is 22.3 Å². The number of benzene rings is 10. The molecular weight excluding hydrogens is 753 g/mol. The van der Waals surface area contributed by atoms with E-state index < -0.39 is 34.5 Å². The highest BCUT2D eigenvalue weighted by atomic mass is 16.4. The Morgan fingerprint density at radius 3 is 1.77 bits per heavy atom. The van der Waals surface area contributed by atoms with Crippen LogP contribution >= 0.6 is 0 Å². The van der Waals surface area contributed by atoms with E-state index in [1.165, 1.54) is 0 Å². The van der Waals surface area contributed by atoms with Crippen LogP contribution in [-0.2, 0) is 0 Å². The molecular formula is C52H30O8. The lowest BCUT2D eigenvalue weighted by molar-refractivity contribution is 0.362. The number of rotatable bonds is 3. The Hall–Kier alpha value is -8.36. The Kier molecular flexibility index (Phi) is 6.79. The maximum absolute atomic E-state index is 11.8. The first kappa shape index (κ1) is 33.7. The molecule has 0 aliphatic carbocycles. The van der Waals surface area contributed by atoms with Crippen LogP contribution in [0.2, 0.25) is 0 Å². The molecule has 2 aromatic heterocycles. The fourth-order valence-electron chi connectivity index (χ4n) is 9.49. The van der Waals surface area contributed by atoms with E-state index in [-0.39, 0.29) is 16.3 Å². The van der Waals surface area contributed by atoms with Gasteiger partial charge < -0.3 is 39.5 Å². The second-order valence-electron chi connectivity index (χ2n) is 15.2. The van der Waals surface area contributed by atoms with Gasteiger partial charge in [-0.3, -0.25) is 0 Å². The molecule has 60 heavy (non-hydrogen) atoms. The average Bonchev–Trinajstić information content (AvgIpc) is 3.86. The standard InChI is InChI=1S/C52H30O8/c53-37-24-36-44(48(55)51(58)50(57)45(36)49(56)47(37)54)42-32-14-4-3-13-31(32)41(30-16-7-10-25-9-1-2-11-27(25)30)35-23-26(19-20-33(35)42)28-15-8-18-39-43(28)46-40(59-39)22-21-34-29-12-5-6-17-38(29)60-52(34)46/h1-24,53-58H. The summed E-state index contributed by atoms with van der Waals surface area (Å²) in [4.78, 5) is 0. The van der Waals surface area contributed by atoms with Gasteiger partial charge in [0.2, 0.25) is 11.5 Å². The van der Waals surface area contributed by atoms with Crippen molar-refractivity contribution in [3.05, 3.63) is 146 Å². The van der Waals surface area contributed by atoms with Gasteiger partial charge in [0.25, 0.3) is 0 Å². The Morgan fingerprint density at radius 1 is 0.317 bits per heavy atom. The van der Waals surface area contributed by atoms with E-state index in [9.17, 15) is 30.6 Å². The minimum atomic E-state index is -0.889. The molecule has 8 heteroatoms. The molecule has 0 radical (unpaired) electrons. The van der Waals surface area contributed by atoms with Gasteiger partial charge >= 0.3 is 0 Å². The van der Waals surface area contributed by atoms with Gasteiger partial charge in [-0.15, -0.1) is 0 Å². The van der Waals surface area contributed by atoms with E-state index in [0.717, 1.165) is 82.6 Å². The summed E-state index contributed by atoms with van der Waals surface area (Å²) in [5.41, 5.74) is 7.08. The van der Waals surface area contributed by atoms with E-state index >= 15 is 0 Å². The number of aromatic hydroxyl groups is 6. The minimum Gasteiger partial charge on any atom is -0.504 e.